The zero-order chi connectivity index (χ0) is 15.0. The molecule has 1 aliphatic rings. The Kier molecular flexibility index (Phi) is 3.99. The van der Waals surface area contributed by atoms with Crippen molar-refractivity contribution in [2.75, 3.05) is 0 Å². The maximum atomic E-state index is 12.0. The third-order valence-corrected chi connectivity index (χ3v) is 5.15. The number of hydrogen-bond donors (Lipinski definition) is 1. The van der Waals surface area contributed by atoms with Crippen LogP contribution in [0.5, 0.6) is 0 Å². The van der Waals surface area contributed by atoms with Crippen LogP contribution in [-0.4, -0.2) is 20.7 Å². The summed E-state index contributed by atoms with van der Waals surface area (Å²) in [5.74, 6) is 0.578. The third-order valence-electron chi connectivity index (χ3n) is 3.55. The molecule has 1 saturated carbocycles. The fourth-order valence-electron chi connectivity index (χ4n) is 2.13. The molecular weight excluding hydrogens is 308 g/mol. The molecule has 0 bridgehead atoms. The topological polar surface area (TPSA) is 59.8 Å². The highest BCUT2D eigenvalue weighted by Crippen LogP contribution is 2.41. The Morgan fingerprint density at radius 3 is 2.90 bits per heavy atom. The van der Waals surface area contributed by atoms with Crippen LogP contribution < -0.4 is 5.32 Å². The van der Waals surface area contributed by atoms with Crippen molar-refractivity contribution in [2.24, 2.45) is 0 Å². The van der Waals surface area contributed by atoms with Crippen LogP contribution in [0.3, 0.4) is 0 Å². The van der Waals surface area contributed by atoms with Crippen molar-refractivity contribution in [3.8, 4) is 0 Å². The number of thiazole rings is 1. The summed E-state index contributed by atoms with van der Waals surface area (Å²) >= 11 is 7.76. The predicted molar refractivity (Wildman–Crippen MR) is 82.6 cm³/mol. The van der Waals surface area contributed by atoms with E-state index >= 15 is 0 Å². The summed E-state index contributed by atoms with van der Waals surface area (Å²) in [5.41, 5.74) is 2.49. The molecule has 0 spiro atoms. The molecule has 3 rings (SSSR count). The van der Waals surface area contributed by atoms with Crippen LogP contribution in [-0.2, 0) is 17.9 Å². The number of halogens is 1. The highest BCUT2D eigenvalue weighted by Gasteiger charge is 2.26. The fourth-order valence-corrected chi connectivity index (χ4v) is 3.26. The van der Waals surface area contributed by atoms with E-state index in [4.69, 9.17) is 11.6 Å². The number of nitrogens with one attached hydrogen (secondary N) is 1. The maximum Gasteiger partial charge on any atom is 0.242 e. The molecule has 1 fully saturated rings. The minimum absolute atomic E-state index is 0.0850. The summed E-state index contributed by atoms with van der Waals surface area (Å²) in [6.07, 6.45) is 2.50. The van der Waals surface area contributed by atoms with Crippen molar-refractivity contribution in [3.63, 3.8) is 0 Å². The molecule has 1 N–H and O–H groups in total. The van der Waals surface area contributed by atoms with Crippen LogP contribution in [0, 0.1) is 13.8 Å². The SMILES string of the molecule is Cc1nn(CC(=O)NCc2csc(C3CC3)n2)c(C)c1Cl. The molecule has 0 radical (unpaired) electrons. The van der Waals surface area contributed by atoms with Gasteiger partial charge in [-0.15, -0.1) is 11.3 Å². The largest absolute Gasteiger partial charge is 0.349 e. The van der Waals surface area contributed by atoms with E-state index in [-0.39, 0.29) is 12.5 Å². The molecule has 0 aromatic carbocycles. The average Bonchev–Trinajstić information content (AvgIpc) is 3.16. The van der Waals surface area contributed by atoms with Crippen molar-refractivity contribution >= 4 is 28.8 Å². The van der Waals surface area contributed by atoms with Gasteiger partial charge in [0.25, 0.3) is 0 Å². The van der Waals surface area contributed by atoms with Gasteiger partial charge in [-0.3, -0.25) is 9.48 Å². The number of aryl methyl sites for hydroxylation is 1. The van der Waals surface area contributed by atoms with E-state index < -0.39 is 0 Å². The molecule has 1 amide bonds. The van der Waals surface area contributed by atoms with Crippen molar-refractivity contribution in [3.05, 3.63) is 32.5 Å². The highest BCUT2D eigenvalue weighted by molar-refractivity contribution is 7.09. The molecule has 1 aliphatic carbocycles. The first-order chi connectivity index (χ1) is 10.0. The van der Waals surface area contributed by atoms with Crippen LogP contribution in [0.15, 0.2) is 5.38 Å². The average molecular weight is 325 g/mol. The van der Waals surface area contributed by atoms with Crippen LogP contribution >= 0.6 is 22.9 Å². The standard InChI is InChI=1S/C14H17ClN4OS/c1-8-13(15)9(2)19(18-8)6-12(20)16-5-11-7-21-14(17-11)10-3-4-10/h7,10H,3-6H2,1-2H3,(H,16,20). The zero-order valence-corrected chi connectivity index (χ0v) is 13.6. The summed E-state index contributed by atoms with van der Waals surface area (Å²) in [5, 5.41) is 11.0. The third kappa shape index (κ3) is 3.27. The molecule has 7 heteroatoms. The summed E-state index contributed by atoms with van der Waals surface area (Å²) in [7, 11) is 0. The lowest BCUT2D eigenvalue weighted by Crippen LogP contribution is -2.28. The van der Waals surface area contributed by atoms with E-state index in [1.165, 1.54) is 17.8 Å². The molecule has 0 unspecified atom stereocenters. The Morgan fingerprint density at radius 2 is 2.29 bits per heavy atom. The Hall–Kier alpha value is -1.40. The van der Waals surface area contributed by atoms with Gasteiger partial charge in [0.2, 0.25) is 5.91 Å². The monoisotopic (exact) mass is 324 g/mol. The predicted octanol–water partition coefficient (Wildman–Crippen LogP) is 2.80. The lowest BCUT2D eigenvalue weighted by molar-refractivity contribution is -0.122. The lowest BCUT2D eigenvalue weighted by atomic mass is 10.4. The van der Waals surface area contributed by atoms with Crippen molar-refractivity contribution in [2.45, 2.75) is 45.7 Å². The van der Waals surface area contributed by atoms with Crippen LogP contribution in [0.4, 0.5) is 0 Å². The summed E-state index contributed by atoms with van der Waals surface area (Å²) in [4.78, 5) is 16.5. The Labute approximate surface area is 132 Å². The number of carbonyl (C=O) groups is 1. The Balaban J connectivity index is 1.54. The van der Waals surface area contributed by atoms with Gasteiger partial charge in [-0.25, -0.2) is 4.98 Å². The second-order valence-corrected chi connectivity index (χ2v) is 6.64. The van der Waals surface area contributed by atoms with Gasteiger partial charge in [0.05, 0.1) is 33.7 Å². The normalized spacial score (nSPS) is 14.4. The van der Waals surface area contributed by atoms with E-state index in [1.807, 2.05) is 19.2 Å². The van der Waals surface area contributed by atoms with E-state index in [1.54, 1.807) is 16.0 Å². The minimum Gasteiger partial charge on any atom is -0.349 e. The first kappa shape index (κ1) is 14.5. The maximum absolute atomic E-state index is 12.0. The first-order valence-corrected chi connectivity index (χ1v) is 8.21. The van der Waals surface area contributed by atoms with E-state index in [0.717, 1.165) is 17.1 Å². The number of nitrogens with zero attached hydrogens (tertiary/aromatic N) is 3. The van der Waals surface area contributed by atoms with Crippen molar-refractivity contribution in [1.29, 1.82) is 0 Å². The van der Waals surface area contributed by atoms with Crippen molar-refractivity contribution < 1.29 is 4.79 Å². The van der Waals surface area contributed by atoms with Gasteiger partial charge < -0.3 is 5.32 Å². The quantitative estimate of drug-likeness (QED) is 0.920. The van der Waals surface area contributed by atoms with Gasteiger partial charge in [0, 0.05) is 11.3 Å². The number of hydrogen-bond acceptors (Lipinski definition) is 4. The summed E-state index contributed by atoms with van der Waals surface area (Å²) < 4.78 is 1.63. The molecule has 0 saturated heterocycles. The fraction of sp³-hybridized carbons (Fsp3) is 0.500. The number of amides is 1. The van der Waals surface area contributed by atoms with Gasteiger partial charge in [-0.05, 0) is 26.7 Å². The molecule has 2 heterocycles. The molecular formula is C14H17ClN4OS. The number of rotatable bonds is 5. The molecule has 5 nitrogen and oxygen atoms in total. The van der Waals surface area contributed by atoms with E-state index in [0.29, 0.717) is 17.5 Å². The van der Waals surface area contributed by atoms with Crippen molar-refractivity contribution in [1.82, 2.24) is 20.1 Å². The van der Waals surface area contributed by atoms with Gasteiger partial charge in [-0.1, -0.05) is 11.6 Å². The zero-order valence-electron chi connectivity index (χ0n) is 12.0. The van der Waals surface area contributed by atoms with Gasteiger partial charge >= 0.3 is 0 Å². The Bertz CT molecular complexity index is 675. The smallest absolute Gasteiger partial charge is 0.242 e. The highest BCUT2D eigenvalue weighted by atomic mass is 35.5. The number of aromatic nitrogens is 3. The summed E-state index contributed by atoms with van der Waals surface area (Å²) in [6.45, 7) is 4.34. The minimum atomic E-state index is -0.0850. The van der Waals surface area contributed by atoms with Gasteiger partial charge in [-0.2, -0.15) is 5.10 Å². The van der Waals surface area contributed by atoms with E-state index in [2.05, 4.69) is 15.4 Å². The lowest BCUT2D eigenvalue weighted by Gasteiger charge is -2.05. The second kappa shape index (κ2) is 5.77. The van der Waals surface area contributed by atoms with Crippen LogP contribution in [0.1, 0.15) is 40.8 Å². The first-order valence-electron chi connectivity index (χ1n) is 6.95. The second-order valence-electron chi connectivity index (χ2n) is 5.37. The van der Waals surface area contributed by atoms with Gasteiger partial charge in [0.15, 0.2) is 0 Å². The Morgan fingerprint density at radius 1 is 1.52 bits per heavy atom. The van der Waals surface area contributed by atoms with Crippen LogP contribution in [0.2, 0.25) is 5.02 Å². The molecule has 0 aliphatic heterocycles. The molecule has 112 valence electrons. The number of carbonyl (C=O) groups excluding carboxylic acids is 1. The molecule has 2 aromatic heterocycles. The molecule has 0 atom stereocenters. The van der Waals surface area contributed by atoms with Crippen LogP contribution in [0.25, 0.3) is 0 Å². The summed E-state index contributed by atoms with van der Waals surface area (Å²) in [6, 6.07) is 0. The van der Waals surface area contributed by atoms with Gasteiger partial charge in [0.1, 0.15) is 6.54 Å². The molecule has 2 aromatic rings. The van der Waals surface area contributed by atoms with E-state index in [9.17, 15) is 4.79 Å². The molecule has 21 heavy (non-hydrogen) atoms.